The number of anilines is 1. The maximum absolute atomic E-state index is 12.4. The number of nitrogens with zero attached hydrogens (tertiary/aromatic N) is 3. The predicted molar refractivity (Wildman–Crippen MR) is 112 cm³/mol. The van der Waals surface area contributed by atoms with Gasteiger partial charge in [-0.1, -0.05) is 26.8 Å². The third-order valence-corrected chi connectivity index (χ3v) is 5.49. The van der Waals surface area contributed by atoms with Crippen LogP contribution in [0.25, 0.3) is 0 Å². The molecule has 8 heteroatoms. The Morgan fingerprint density at radius 3 is 2.21 bits per heavy atom. The molecule has 1 aromatic heterocycles. The Hall–Kier alpha value is -3.26. The van der Waals surface area contributed by atoms with Gasteiger partial charge < -0.3 is 5.11 Å². The summed E-state index contributed by atoms with van der Waals surface area (Å²) in [5.74, 6) is 0.463. The lowest BCUT2D eigenvalue weighted by atomic mass is 9.86. The van der Waals surface area contributed by atoms with Gasteiger partial charge in [-0.3, -0.25) is 4.72 Å². The van der Waals surface area contributed by atoms with Crippen molar-refractivity contribution in [2.24, 2.45) is 10.2 Å². The molecule has 150 valence electrons. The van der Waals surface area contributed by atoms with Crippen LogP contribution in [0, 0.1) is 0 Å². The molecule has 2 aromatic carbocycles. The van der Waals surface area contributed by atoms with E-state index in [4.69, 9.17) is 0 Å². The Labute approximate surface area is 170 Å². The van der Waals surface area contributed by atoms with E-state index in [2.05, 4.69) is 19.9 Å². The van der Waals surface area contributed by atoms with E-state index in [-0.39, 0.29) is 21.9 Å². The van der Waals surface area contributed by atoms with Crippen molar-refractivity contribution in [2.75, 3.05) is 4.72 Å². The highest BCUT2D eigenvalue weighted by Crippen LogP contribution is 2.34. The summed E-state index contributed by atoms with van der Waals surface area (Å²) in [5.41, 5.74) is 1.65. The van der Waals surface area contributed by atoms with Crippen molar-refractivity contribution in [2.45, 2.75) is 31.1 Å². The van der Waals surface area contributed by atoms with Gasteiger partial charge in [-0.05, 0) is 60.0 Å². The number of aromatic nitrogens is 1. The number of azo groups is 1. The van der Waals surface area contributed by atoms with E-state index in [0.29, 0.717) is 11.4 Å². The first-order chi connectivity index (χ1) is 13.6. The molecule has 0 amide bonds. The summed E-state index contributed by atoms with van der Waals surface area (Å²) in [6.07, 6.45) is 1.51. The molecule has 1 heterocycles. The number of nitrogens with one attached hydrogen (secondary N) is 1. The minimum absolute atomic E-state index is 0.0988. The van der Waals surface area contributed by atoms with Gasteiger partial charge in [0.15, 0.2) is 0 Å². The van der Waals surface area contributed by atoms with Crippen molar-refractivity contribution >= 4 is 27.2 Å². The van der Waals surface area contributed by atoms with E-state index in [1.54, 1.807) is 48.5 Å². The number of aromatic hydroxyl groups is 1. The Morgan fingerprint density at radius 2 is 1.59 bits per heavy atom. The Kier molecular flexibility index (Phi) is 5.65. The van der Waals surface area contributed by atoms with Gasteiger partial charge in [0.2, 0.25) is 0 Å². The summed E-state index contributed by atoms with van der Waals surface area (Å²) in [6.45, 7) is 6.00. The number of rotatable bonds is 5. The predicted octanol–water partition coefficient (Wildman–Crippen LogP) is 5.30. The van der Waals surface area contributed by atoms with Crippen LogP contribution in [-0.2, 0) is 15.4 Å². The summed E-state index contributed by atoms with van der Waals surface area (Å²) in [5, 5.41) is 18.4. The first-order valence-electron chi connectivity index (χ1n) is 8.94. The van der Waals surface area contributed by atoms with Crippen molar-refractivity contribution in [3.05, 3.63) is 72.4 Å². The number of pyridine rings is 1. The lowest BCUT2D eigenvalue weighted by molar-refractivity contribution is 0.447. The summed E-state index contributed by atoms with van der Waals surface area (Å²) in [6, 6.07) is 16.1. The van der Waals surface area contributed by atoms with Crippen LogP contribution in [0.2, 0.25) is 0 Å². The fourth-order valence-corrected chi connectivity index (χ4v) is 3.62. The normalized spacial score (nSPS) is 12.2. The van der Waals surface area contributed by atoms with Gasteiger partial charge in [0, 0.05) is 11.8 Å². The van der Waals surface area contributed by atoms with Crippen molar-refractivity contribution in [3.63, 3.8) is 0 Å². The van der Waals surface area contributed by atoms with E-state index in [1.807, 2.05) is 20.8 Å². The average Bonchev–Trinajstić information content (AvgIpc) is 2.67. The lowest BCUT2D eigenvalue weighted by Crippen LogP contribution is -2.13. The van der Waals surface area contributed by atoms with Crippen molar-refractivity contribution in [1.82, 2.24) is 4.98 Å². The average molecular weight is 410 g/mol. The molecule has 0 fully saturated rings. The highest BCUT2D eigenvalue weighted by atomic mass is 32.2. The number of benzene rings is 2. The van der Waals surface area contributed by atoms with E-state index in [0.717, 1.165) is 5.56 Å². The molecule has 0 atom stereocenters. The monoisotopic (exact) mass is 410 g/mol. The zero-order valence-corrected chi connectivity index (χ0v) is 17.2. The smallest absolute Gasteiger partial charge is 0.263 e. The van der Waals surface area contributed by atoms with E-state index >= 15 is 0 Å². The third kappa shape index (κ3) is 5.17. The maximum Gasteiger partial charge on any atom is 0.263 e. The molecule has 3 aromatic rings. The van der Waals surface area contributed by atoms with Gasteiger partial charge in [0.1, 0.15) is 11.6 Å². The van der Waals surface area contributed by atoms with E-state index < -0.39 is 10.0 Å². The molecule has 2 N–H and O–H groups in total. The molecule has 0 aliphatic heterocycles. The Morgan fingerprint density at radius 1 is 0.931 bits per heavy atom. The molecule has 0 aliphatic rings. The van der Waals surface area contributed by atoms with Crippen LogP contribution in [0.15, 0.2) is 82.0 Å². The minimum atomic E-state index is -3.74. The lowest BCUT2D eigenvalue weighted by Gasteiger charge is -2.20. The molecule has 0 aliphatic carbocycles. The molecular formula is C21H22N4O3S. The number of sulfonamides is 1. The molecular weight excluding hydrogens is 388 g/mol. The summed E-state index contributed by atoms with van der Waals surface area (Å²) >= 11 is 0. The number of phenolic OH excluding ortho intramolecular Hbond substituents is 1. The first-order valence-corrected chi connectivity index (χ1v) is 10.4. The molecule has 29 heavy (non-hydrogen) atoms. The first kappa shape index (κ1) is 20.5. The number of hydrogen-bond acceptors (Lipinski definition) is 6. The summed E-state index contributed by atoms with van der Waals surface area (Å²) in [4.78, 5) is 4.06. The Bertz CT molecular complexity index is 1120. The molecule has 3 rings (SSSR count). The molecule has 0 bridgehead atoms. The van der Waals surface area contributed by atoms with Gasteiger partial charge in [-0.2, -0.15) is 10.2 Å². The van der Waals surface area contributed by atoms with Crippen molar-refractivity contribution < 1.29 is 13.5 Å². The topological polar surface area (TPSA) is 104 Å². The second-order valence-electron chi connectivity index (χ2n) is 7.47. The van der Waals surface area contributed by atoms with Gasteiger partial charge >= 0.3 is 0 Å². The van der Waals surface area contributed by atoms with E-state index in [1.165, 1.54) is 18.3 Å². The Balaban J connectivity index is 1.77. The SMILES string of the molecule is CC(C)(C)c1cc(/N=N/c2ccc(S(=O)(=O)Nc3ccccn3)cc2)ccc1O. The van der Waals surface area contributed by atoms with Crippen LogP contribution in [0.1, 0.15) is 26.3 Å². The molecule has 0 unspecified atom stereocenters. The summed E-state index contributed by atoms with van der Waals surface area (Å²) in [7, 11) is -3.74. The van der Waals surface area contributed by atoms with Crippen LogP contribution in [0.3, 0.4) is 0 Å². The minimum Gasteiger partial charge on any atom is -0.508 e. The summed E-state index contributed by atoms with van der Waals surface area (Å²) < 4.78 is 27.3. The third-order valence-electron chi connectivity index (χ3n) is 4.12. The molecule has 0 saturated carbocycles. The fourth-order valence-electron chi connectivity index (χ4n) is 2.61. The quantitative estimate of drug-likeness (QED) is 0.557. The van der Waals surface area contributed by atoms with Crippen LogP contribution in [0.5, 0.6) is 5.75 Å². The molecule has 7 nitrogen and oxygen atoms in total. The largest absolute Gasteiger partial charge is 0.508 e. The second kappa shape index (κ2) is 8.00. The van der Waals surface area contributed by atoms with Gasteiger partial charge in [-0.15, -0.1) is 0 Å². The maximum atomic E-state index is 12.4. The van der Waals surface area contributed by atoms with Gasteiger partial charge in [0.25, 0.3) is 10.0 Å². The zero-order chi connectivity index (χ0) is 21.1. The van der Waals surface area contributed by atoms with Gasteiger partial charge in [0.05, 0.1) is 16.3 Å². The fraction of sp³-hybridized carbons (Fsp3) is 0.190. The molecule has 0 radical (unpaired) electrons. The van der Waals surface area contributed by atoms with Crippen LogP contribution >= 0.6 is 0 Å². The van der Waals surface area contributed by atoms with Crippen molar-refractivity contribution in [3.8, 4) is 5.75 Å². The van der Waals surface area contributed by atoms with Gasteiger partial charge in [-0.25, -0.2) is 13.4 Å². The number of phenols is 1. The van der Waals surface area contributed by atoms with Crippen LogP contribution in [0.4, 0.5) is 17.2 Å². The van der Waals surface area contributed by atoms with Crippen LogP contribution < -0.4 is 4.72 Å². The highest BCUT2D eigenvalue weighted by molar-refractivity contribution is 7.92. The standard InChI is InChI=1S/C21H22N4O3S/c1-21(2,3)18-14-16(9-12-19(18)26)24-23-15-7-10-17(11-8-15)29(27,28)25-20-6-4-5-13-22-20/h4-14,26H,1-3H3,(H,22,25)/b24-23+. The molecule has 0 saturated heterocycles. The second-order valence-corrected chi connectivity index (χ2v) is 9.15. The number of hydrogen-bond donors (Lipinski definition) is 2. The van der Waals surface area contributed by atoms with Crippen LogP contribution in [-0.4, -0.2) is 18.5 Å². The van der Waals surface area contributed by atoms with Crippen molar-refractivity contribution in [1.29, 1.82) is 0 Å². The van der Waals surface area contributed by atoms with E-state index in [9.17, 15) is 13.5 Å². The highest BCUT2D eigenvalue weighted by Gasteiger charge is 2.18. The molecule has 0 spiro atoms. The zero-order valence-electron chi connectivity index (χ0n) is 16.4.